The summed E-state index contributed by atoms with van der Waals surface area (Å²) in [6, 6.07) is 0. The topological polar surface area (TPSA) is 78.9 Å². The first-order valence-electron chi connectivity index (χ1n) is 24.6. The van der Waals surface area contributed by atoms with Gasteiger partial charge in [-0.1, -0.05) is 187 Å². The standard InChI is InChI=1S/C56H88O6/c1-4-7-10-13-16-19-22-25-27-29-31-34-37-40-43-46-49-55(58)61-52-53(51-60-54(57)48-45-42-39-36-33-24-21-18-15-12-9-6-3)62-56(59)50-47-44-41-38-35-32-30-28-26-23-20-17-14-11-8-5-2/h7,9-10,12,16,18-19,21,25,27-28,30-36,40,43,53H,4-6,8,11,13-15,17,20,22-24,26,29,37-39,41-42,44-52H2,1-3H3/b10-7-,12-9-,19-16-,21-18-,27-25-,30-28-,34-31-,35-32-,36-33-,43-40-. The minimum atomic E-state index is -0.840. The van der Waals surface area contributed by atoms with Gasteiger partial charge in [0.2, 0.25) is 0 Å². The zero-order valence-corrected chi connectivity index (χ0v) is 39.6. The number of carbonyl (C=O) groups is 3. The maximum Gasteiger partial charge on any atom is 0.306 e. The molecule has 0 bridgehead atoms. The lowest BCUT2D eigenvalue weighted by Gasteiger charge is -2.18. The van der Waals surface area contributed by atoms with Gasteiger partial charge in [0, 0.05) is 19.3 Å². The van der Waals surface area contributed by atoms with Crippen molar-refractivity contribution < 1.29 is 28.6 Å². The second kappa shape index (κ2) is 49.5. The van der Waals surface area contributed by atoms with Crippen molar-refractivity contribution in [2.45, 2.75) is 200 Å². The largest absolute Gasteiger partial charge is 0.462 e. The summed E-state index contributed by atoms with van der Waals surface area (Å²) in [6.07, 6.45) is 67.7. The van der Waals surface area contributed by atoms with Gasteiger partial charge in [-0.2, -0.15) is 0 Å². The van der Waals surface area contributed by atoms with Crippen molar-refractivity contribution in [2.75, 3.05) is 13.2 Å². The van der Waals surface area contributed by atoms with Crippen LogP contribution in [0.25, 0.3) is 0 Å². The summed E-state index contributed by atoms with van der Waals surface area (Å²) in [4.78, 5) is 37.8. The van der Waals surface area contributed by atoms with Crippen molar-refractivity contribution in [3.63, 3.8) is 0 Å². The van der Waals surface area contributed by atoms with E-state index in [2.05, 4.69) is 130 Å². The Hall–Kier alpha value is -4.19. The number of unbranched alkanes of at least 4 members (excludes halogenated alkanes) is 12. The minimum Gasteiger partial charge on any atom is -0.462 e. The molecule has 0 amide bonds. The van der Waals surface area contributed by atoms with Gasteiger partial charge in [0.25, 0.3) is 0 Å². The summed E-state index contributed by atoms with van der Waals surface area (Å²) in [6.45, 7) is 6.25. The van der Waals surface area contributed by atoms with E-state index in [0.717, 1.165) is 89.9 Å². The Morgan fingerprint density at radius 1 is 0.355 bits per heavy atom. The van der Waals surface area contributed by atoms with Gasteiger partial charge in [0.15, 0.2) is 6.10 Å². The summed E-state index contributed by atoms with van der Waals surface area (Å²) in [5.74, 6) is -1.09. The van der Waals surface area contributed by atoms with Gasteiger partial charge < -0.3 is 14.2 Å². The van der Waals surface area contributed by atoms with Crippen LogP contribution in [0.15, 0.2) is 122 Å². The third kappa shape index (κ3) is 46.9. The molecule has 0 aromatic heterocycles. The molecule has 1 unspecified atom stereocenters. The molecule has 0 aromatic carbocycles. The molecule has 0 heterocycles. The Morgan fingerprint density at radius 2 is 0.710 bits per heavy atom. The number of allylic oxidation sites excluding steroid dienone is 20. The maximum atomic E-state index is 12.8. The molecular formula is C56H88O6. The van der Waals surface area contributed by atoms with Crippen molar-refractivity contribution in [1.82, 2.24) is 0 Å². The fourth-order valence-electron chi connectivity index (χ4n) is 6.08. The molecule has 0 aliphatic carbocycles. The Kier molecular flexibility index (Phi) is 46.1. The number of ether oxygens (including phenoxy) is 3. The molecule has 0 spiro atoms. The van der Waals surface area contributed by atoms with Crippen LogP contribution in [0.2, 0.25) is 0 Å². The molecule has 1 atom stereocenters. The SMILES string of the molecule is CC/C=C\C/C=C\C/C=C\C/C=C\C/C=C\CCC(=O)OCC(COC(=O)CCCC/C=C\C/C=C\C/C=C\CC)OC(=O)CCCCC/C=C\C=C/CCCCCCCCC. The summed E-state index contributed by atoms with van der Waals surface area (Å²) in [5.41, 5.74) is 0. The van der Waals surface area contributed by atoms with E-state index in [1.165, 1.54) is 44.9 Å². The van der Waals surface area contributed by atoms with Crippen molar-refractivity contribution in [3.8, 4) is 0 Å². The highest BCUT2D eigenvalue weighted by Crippen LogP contribution is 2.11. The van der Waals surface area contributed by atoms with Crippen LogP contribution in [-0.4, -0.2) is 37.2 Å². The average Bonchev–Trinajstić information content (AvgIpc) is 3.27. The van der Waals surface area contributed by atoms with Crippen LogP contribution in [-0.2, 0) is 28.6 Å². The second-order valence-corrected chi connectivity index (χ2v) is 15.6. The first kappa shape index (κ1) is 57.8. The minimum absolute atomic E-state index is 0.135. The number of hydrogen-bond acceptors (Lipinski definition) is 6. The van der Waals surface area contributed by atoms with E-state index in [1.807, 2.05) is 12.2 Å². The predicted octanol–water partition coefficient (Wildman–Crippen LogP) is 16.1. The monoisotopic (exact) mass is 857 g/mol. The molecular weight excluding hydrogens is 769 g/mol. The molecule has 62 heavy (non-hydrogen) atoms. The fourth-order valence-corrected chi connectivity index (χ4v) is 6.08. The molecule has 0 fully saturated rings. The van der Waals surface area contributed by atoms with E-state index in [4.69, 9.17) is 14.2 Å². The van der Waals surface area contributed by atoms with Crippen LogP contribution in [0.4, 0.5) is 0 Å². The smallest absolute Gasteiger partial charge is 0.306 e. The van der Waals surface area contributed by atoms with Crippen molar-refractivity contribution in [1.29, 1.82) is 0 Å². The first-order chi connectivity index (χ1) is 30.5. The van der Waals surface area contributed by atoms with Gasteiger partial charge in [-0.3, -0.25) is 14.4 Å². The van der Waals surface area contributed by atoms with Gasteiger partial charge in [-0.05, 0) is 109 Å². The van der Waals surface area contributed by atoms with Gasteiger partial charge in [-0.15, -0.1) is 0 Å². The van der Waals surface area contributed by atoms with Crippen LogP contribution >= 0.6 is 0 Å². The van der Waals surface area contributed by atoms with Crippen molar-refractivity contribution in [2.24, 2.45) is 0 Å². The highest BCUT2D eigenvalue weighted by molar-refractivity contribution is 5.71. The molecule has 348 valence electrons. The number of carbonyl (C=O) groups excluding carboxylic acids is 3. The molecule has 0 saturated heterocycles. The molecule has 0 rings (SSSR count). The summed E-state index contributed by atoms with van der Waals surface area (Å²) in [7, 11) is 0. The second-order valence-electron chi connectivity index (χ2n) is 15.6. The van der Waals surface area contributed by atoms with E-state index < -0.39 is 6.10 Å². The van der Waals surface area contributed by atoms with E-state index in [0.29, 0.717) is 19.3 Å². The number of esters is 3. The summed E-state index contributed by atoms with van der Waals surface area (Å²) >= 11 is 0. The van der Waals surface area contributed by atoms with E-state index in [1.54, 1.807) is 0 Å². The Balaban J connectivity index is 4.61. The van der Waals surface area contributed by atoms with Gasteiger partial charge in [-0.25, -0.2) is 0 Å². The number of rotatable bonds is 42. The zero-order valence-electron chi connectivity index (χ0n) is 39.6. The fraction of sp³-hybridized carbons (Fsp3) is 0.589. The molecule has 0 aromatic rings. The molecule has 6 heteroatoms. The first-order valence-corrected chi connectivity index (χ1v) is 24.6. The molecule has 0 N–H and O–H groups in total. The lowest BCUT2D eigenvalue weighted by Crippen LogP contribution is -2.30. The molecule has 0 aliphatic rings. The average molecular weight is 857 g/mol. The van der Waals surface area contributed by atoms with E-state index in [-0.39, 0.29) is 50.4 Å². The highest BCUT2D eigenvalue weighted by atomic mass is 16.6. The Labute approximate surface area is 380 Å². The highest BCUT2D eigenvalue weighted by Gasteiger charge is 2.19. The van der Waals surface area contributed by atoms with Crippen LogP contribution in [0, 0.1) is 0 Å². The maximum absolute atomic E-state index is 12.8. The summed E-state index contributed by atoms with van der Waals surface area (Å²) < 4.78 is 16.6. The van der Waals surface area contributed by atoms with Crippen LogP contribution < -0.4 is 0 Å². The summed E-state index contributed by atoms with van der Waals surface area (Å²) in [5, 5.41) is 0. The quantitative estimate of drug-likeness (QED) is 0.0200. The third-order valence-corrected chi connectivity index (χ3v) is 9.72. The van der Waals surface area contributed by atoms with Crippen LogP contribution in [0.3, 0.4) is 0 Å². The molecule has 0 aliphatic heterocycles. The van der Waals surface area contributed by atoms with E-state index in [9.17, 15) is 14.4 Å². The third-order valence-electron chi connectivity index (χ3n) is 9.72. The van der Waals surface area contributed by atoms with Crippen molar-refractivity contribution >= 4 is 17.9 Å². The molecule has 0 radical (unpaired) electrons. The number of hydrogen-bond donors (Lipinski definition) is 0. The normalized spacial score (nSPS) is 13.1. The van der Waals surface area contributed by atoms with Gasteiger partial charge in [0.05, 0.1) is 0 Å². The Bertz CT molecular complexity index is 1350. The van der Waals surface area contributed by atoms with Gasteiger partial charge >= 0.3 is 17.9 Å². The molecule has 6 nitrogen and oxygen atoms in total. The van der Waals surface area contributed by atoms with Crippen molar-refractivity contribution in [3.05, 3.63) is 122 Å². The van der Waals surface area contributed by atoms with Crippen LogP contribution in [0.1, 0.15) is 194 Å². The predicted molar refractivity (Wildman–Crippen MR) is 265 cm³/mol. The lowest BCUT2D eigenvalue weighted by atomic mass is 10.1. The zero-order chi connectivity index (χ0) is 45.1. The van der Waals surface area contributed by atoms with Crippen LogP contribution in [0.5, 0.6) is 0 Å². The van der Waals surface area contributed by atoms with Gasteiger partial charge in [0.1, 0.15) is 13.2 Å². The molecule has 0 saturated carbocycles. The lowest BCUT2D eigenvalue weighted by molar-refractivity contribution is -0.166. The van der Waals surface area contributed by atoms with E-state index >= 15 is 0 Å². The Morgan fingerprint density at radius 3 is 1.21 bits per heavy atom.